The molecule has 0 aliphatic carbocycles. The summed E-state index contributed by atoms with van der Waals surface area (Å²) in [4.78, 5) is 7.78. The molecule has 6 heterocycles. The normalized spacial score (nSPS) is 17.7. The number of hydrogen-bond acceptors (Lipinski definition) is 16. The van der Waals surface area contributed by atoms with Crippen LogP contribution in [0.3, 0.4) is 0 Å². The predicted octanol–water partition coefficient (Wildman–Crippen LogP) is 21.3. The average molecular weight is 1660 g/mol. The third-order valence-corrected chi connectivity index (χ3v) is 40.0. The minimum Gasteiger partial charge on any atom is -0.242 e. The fourth-order valence-electron chi connectivity index (χ4n) is 12.9. The third kappa shape index (κ3) is 15.5. The van der Waals surface area contributed by atoms with Crippen LogP contribution in [0.2, 0.25) is 0 Å². The van der Waals surface area contributed by atoms with Crippen LogP contribution < -0.4 is 0 Å². The molecule has 0 fully saturated rings. The average Bonchev–Trinajstić information content (AvgIpc) is 0.718. The SMILES string of the molecule is Cc1ccc2c(c1)S(=O)(=O)S(=O)(=O)c1cc(C)ccc1-2.Cc1ccc2c(c1)S(=O)S(=O)(=O)c1cc(C)ccc1-2.Cc1ccc2c(c1)S(=O)S(=O)c1cc(C)ccc1-2.Cc1ccc2c(c1)SS(=O)(=O)c1cc(C)ccc1-2.Cc1ccc2c(c1)SS(=O)c1cc(C)ccc1-2.Cc1ccc2c(c1)SSc1cc(C)ccc1-2. The van der Waals surface area contributed by atoms with E-state index in [4.69, 9.17) is 0 Å². The van der Waals surface area contributed by atoms with Crippen molar-refractivity contribution in [3.8, 4) is 66.8 Å². The van der Waals surface area contributed by atoms with Crippen molar-refractivity contribution >= 4 is 118 Å². The number of hydrogen-bond donors (Lipinski definition) is 0. The van der Waals surface area contributed by atoms with Gasteiger partial charge in [-0.1, -0.05) is 167 Å². The second kappa shape index (κ2) is 31.0. The first-order valence-electron chi connectivity index (χ1n) is 33.8. The van der Waals surface area contributed by atoms with Gasteiger partial charge in [-0.15, -0.1) is 0 Å². The molecule has 108 heavy (non-hydrogen) atoms. The number of benzene rings is 12. The molecule has 0 N–H and O–H groups in total. The quantitative estimate of drug-likeness (QED) is 0.129. The summed E-state index contributed by atoms with van der Waals surface area (Å²) in [6.07, 6.45) is 0. The maximum atomic E-state index is 12.4. The molecule has 4 atom stereocenters. The Bertz CT molecular complexity index is 6190. The van der Waals surface area contributed by atoms with Gasteiger partial charge in [0.25, 0.3) is 26.6 Å². The van der Waals surface area contributed by atoms with Crippen LogP contribution in [0, 0.1) is 83.1 Å². The number of aryl methyl sites for hydroxylation is 12. The first-order valence-corrected chi connectivity index (χ1v) is 50.7. The zero-order valence-corrected chi connectivity index (χ0v) is 70.4. The maximum Gasteiger partial charge on any atom is 0.287 e. The van der Waals surface area contributed by atoms with Crippen LogP contribution in [0.15, 0.2) is 277 Å². The molecule has 12 aromatic rings. The molecule has 0 amide bonds. The Hall–Kier alpha value is -7.56. The van der Waals surface area contributed by atoms with Crippen molar-refractivity contribution in [1.82, 2.24) is 0 Å². The molecule has 552 valence electrons. The van der Waals surface area contributed by atoms with E-state index in [-0.39, 0.29) is 14.7 Å². The van der Waals surface area contributed by atoms with Crippen LogP contribution in [0.5, 0.6) is 0 Å². The minimum absolute atomic E-state index is 0.131. The van der Waals surface area contributed by atoms with Crippen LogP contribution >= 0.6 is 43.2 Å². The van der Waals surface area contributed by atoms with Gasteiger partial charge in [0, 0.05) is 69.3 Å². The molecule has 0 bridgehead atoms. The minimum atomic E-state index is -4.40. The van der Waals surface area contributed by atoms with E-state index < -0.39 is 74.8 Å². The molecule has 12 aromatic carbocycles. The molecule has 0 aromatic heterocycles. The molecule has 12 nitrogen and oxygen atoms in total. The summed E-state index contributed by atoms with van der Waals surface area (Å²) in [6.45, 7) is 23.3. The Morgan fingerprint density at radius 2 is 0.491 bits per heavy atom. The van der Waals surface area contributed by atoms with Crippen molar-refractivity contribution < 1.29 is 50.5 Å². The van der Waals surface area contributed by atoms with Crippen LogP contribution in [0.25, 0.3) is 66.8 Å². The first kappa shape index (κ1) is 78.6. The zero-order chi connectivity index (χ0) is 77.4. The number of fused-ring (bicyclic) bond motifs is 18. The Balaban J connectivity index is 0.000000114. The molecule has 6 aliphatic rings. The summed E-state index contributed by atoms with van der Waals surface area (Å²) in [5.41, 5.74) is 23.4. The summed E-state index contributed by atoms with van der Waals surface area (Å²) in [6, 6.07) is 69.5. The van der Waals surface area contributed by atoms with E-state index in [1.165, 1.54) is 66.1 Å². The molecule has 24 heteroatoms. The van der Waals surface area contributed by atoms with Gasteiger partial charge in [-0.05, 0) is 261 Å². The van der Waals surface area contributed by atoms with Gasteiger partial charge in [-0.25, -0.2) is 50.5 Å². The topological polar surface area (TPSA) is 205 Å². The molecule has 6 aliphatic heterocycles. The van der Waals surface area contributed by atoms with Crippen LogP contribution in [-0.2, 0) is 74.8 Å². The standard InChI is InChI=1S/C14H12O4S2.C14H12O3S2.2C14H12O2S2.C14H12OS2.C14H12S2/c1-9-3-5-11-12-6-4-10(2)8-14(12)20(17,18)19(15,16)13(11)7-9;1-9-3-5-11-12-6-4-10(2)8-14(12)19(16,17)18(15)13(11)7-9;1-9-3-5-11-12-6-4-10(2)8-14(12)18(15,16)17-13(11)7-9;1-9-3-5-11-12-6-4-10(2)8-14(12)18(16)17(15)13(11)7-9;1-9-3-5-11-12-6-4-10(2)8-14(12)17(15)16-13(11)7-9;1-9-3-5-11-12-6-4-10(2)8-14(12)16-15-13(11)7-9/h3-8H,1-2H3;3-8H,1-2H3;2*3-8H,1-2H3;3-8H,1-2H3;3-8H,1-2H3. The summed E-state index contributed by atoms with van der Waals surface area (Å²) in [7, 11) is -15.7. The second-order valence-corrected chi connectivity index (χ2v) is 49.4. The molecule has 0 saturated carbocycles. The van der Waals surface area contributed by atoms with Gasteiger partial charge in [0.1, 0.15) is 29.5 Å². The van der Waals surface area contributed by atoms with E-state index in [1.54, 1.807) is 62.4 Å². The largest absolute Gasteiger partial charge is 0.287 e. The van der Waals surface area contributed by atoms with Crippen LogP contribution in [0.4, 0.5) is 0 Å². The van der Waals surface area contributed by atoms with Crippen molar-refractivity contribution in [2.75, 3.05) is 0 Å². The fourth-order valence-corrected chi connectivity index (χ4v) is 33.3. The molecule has 0 spiro atoms. The highest BCUT2D eigenvalue weighted by atomic mass is 33.2. The maximum absolute atomic E-state index is 12.4. The fraction of sp³-hybridized carbons (Fsp3) is 0.143. The second-order valence-electron chi connectivity index (χ2n) is 27.1. The molecule has 4 unspecified atom stereocenters. The van der Waals surface area contributed by atoms with E-state index >= 15 is 0 Å². The molecular formula is C84H72O12S12. The van der Waals surface area contributed by atoms with Crippen molar-refractivity contribution in [2.24, 2.45) is 0 Å². The Labute approximate surface area is 655 Å². The van der Waals surface area contributed by atoms with E-state index in [0.29, 0.717) is 47.4 Å². The van der Waals surface area contributed by atoms with Gasteiger partial charge in [0.2, 0.25) is 8.87 Å². The van der Waals surface area contributed by atoms with E-state index in [2.05, 4.69) is 87.5 Å². The van der Waals surface area contributed by atoms with Crippen LogP contribution in [-0.4, -0.2) is 50.5 Å². The third-order valence-electron chi connectivity index (χ3n) is 18.4. The van der Waals surface area contributed by atoms with Crippen molar-refractivity contribution in [3.63, 3.8) is 0 Å². The van der Waals surface area contributed by atoms with Gasteiger partial charge in [-0.3, -0.25) is 0 Å². The molecule has 0 radical (unpaired) electrons. The van der Waals surface area contributed by atoms with Gasteiger partial charge >= 0.3 is 0 Å². The summed E-state index contributed by atoms with van der Waals surface area (Å²) >= 11 is 0. The van der Waals surface area contributed by atoms with Crippen molar-refractivity contribution in [2.45, 2.75) is 142 Å². The van der Waals surface area contributed by atoms with E-state index in [9.17, 15) is 50.5 Å². The highest BCUT2D eigenvalue weighted by Crippen LogP contribution is 2.53. The van der Waals surface area contributed by atoms with Crippen molar-refractivity contribution in [1.29, 1.82) is 0 Å². The Morgan fingerprint density at radius 1 is 0.241 bits per heavy atom. The van der Waals surface area contributed by atoms with E-state index in [0.717, 1.165) is 97.8 Å². The summed E-state index contributed by atoms with van der Waals surface area (Å²) in [5.74, 6) is 0. The lowest BCUT2D eigenvalue weighted by molar-refractivity contribution is 0.581. The van der Waals surface area contributed by atoms with Crippen molar-refractivity contribution in [3.05, 3.63) is 285 Å². The zero-order valence-electron chi connectivity index (χ0n) is 60.6. The highest BCUT2D eigenvalue weighted by molar-refractivity contribution is 8.77. The van der Waals surface area contributed by atoms with Crippen LogP contribution in [0.1, 0.15) is 66.8 Å². The summed E-state index contributed by atoms with van der Waals surface area (Å²) in [5, 5.41) is 0. The Kier molecular flexibility index (Phi) is 22.5. The first-order chi connectivity index (χ1) is 51.1. The Morgan fingerprint density at radius 3 is 0.889 bits per heavy atom. The molecular weight excluding hydrogens is 1590 g/mol. The van der Waals surface area contributed by atoms with E-state index in [1.807, 2.05) is 161 Å². The van der Waals surface area contributed by atoms with Gasteiger partial charge in [0.15, 0.2) is 9.83 Å². The lowest BCUT2D eigenvalue weighted by atomic mass is 10.0. The highest BCUT2D eigenvalue weighted by Gasteiger charge is 2.43. The lowest BCUT2D eigenvalue weighted by Gasteiger charge is -2.20. The summed E-state index contributed by atoms with van der Waals surface area (Å²) < 4.78 is 148. The number of rotatable bonds is 0. The van der Waals surface area contributed by atoms with Gasteiger partial charge < -0.3 is 0 Å². The lowest BCUT2D eigenvalue weighted by Crippen LogP contribution is -2.22. The van der Waals surface area contributed by atoms with Gasteiger partial charge in [0.05, 0.1) is 39.2 Å². The molecule has 18 rings (SSSR count). The van der Waals surface area contributed by atoms with Gasteiger partial charge in [-0.2, -0.15) is 0 Å². The monoisotopic (exact) mass is 1660 g/mol. The smallest absolute Gasteiger partial charge is 0.242 e. The predicted molar refractivity (Wildman–Crippen MR) is 446 cm³/mol. The molecule has 0 saturated heterocycles.